The van der Waals surface area contributed by atoms with E-state index in [2.05, 4.69) is 59.3 Å². The van der Waals surface area contributed by atoms with Gasteiger partial charge in [0.2, 0.25) is 5.91 Å². The molecule has 1 saturated heterocycles. The number of carbonyl (C=O) groups excluding carboxylic acids is 1. The lowest BCUT2D eigenvalue weighted by molar-refractivity contribution is -0.130. The van der Waals surface area contributed by atoms with E-state index in [-0.39, 0.29) is 5.91 Å². The second-order valence-corrected chi connectivity index (χ2v) is 8.82. The average molecular weight is 440 g/mol. The van der Waals surface area contributed by atoms with E-state index >= 15 is 0 Å². The van der Waals surface area contributed by atoms with Crippen molar-refractivity contribution in [3.05, 3.63) is 83.3 Å². The number of aryl methyl sites for hydroxylation is 3. The minimum atomic E-state index is 0.143. The second-order valence-electron chi connectivity index (χ2n) is 8.82. The summed E-state index contributed by atoms with van der Waals surface area (Å²) in [6.07, 6.45) is 4.16. The topological polar surface area (TPSA) is 53.7 Å². The second kappa shape index (κ2) is 8.70. The summed E-state index contributed by atoms with van der Waals surface area (Å²) in [5.74, 6) is 1.11. The zero-order valence-corrected chi connectivity index (χ0v) is 19.5. The van der Waals surface area contributed by atoms with Crippen molar-refractivity contribution in [2.75, 3.05) is 31.1 Å². The Hall–Kier alpha value is -3.67. The van der Waals surface area contributed by atoms with E-state index in [1.165, 1.54) is 11.1 Å². The van der Waals surface area contributed by atoms with E-state index in [9.17, 15) is 4.79 Å². The number of carbonyl (C=O) groups is 1. The summed E-state index contributed by atoms with van der Waals surface area (Å²) in [6.45, 7) is 9.27. The SMILES string of the molecule is Cc1ccc(-c2nc3c(C)cccn3c2CC(=O)N2CCN(c3ccccn3)CC2)cc1C. The highest BCUT2D eigenvalue weighted by Gasteiger charge is 2.25. The first-order chi connectivity index (χ1) is 16.0. The van der Waals surface area contributed by atoms with Crippen LogP contribution in [0.3, 0.4) is 0 Å². The van der Waals surface area contributed by atoms with Crippen molar-refractivity contribution in [2.45, 2.75) is 27.2 Å². The average Bonchev–Trinajstić information content (AvgIpc) is 3.21. The number of nitrogens with zero attached hydrogens (tertiary/aromatic N) is 5. The van der Waals surface area contributed by atoms with Crippen LogP contribution in [0.2, 0.25) is 0 Å². The van der Waals surface area contributed by atoms with Gasteiger partial charge >= 0.3 is 0 Å². The molecule has 4 heterocycles. The van der Waals surface area contributed by atoms with E-state index in [1.54, 1.807) is 0 Å². The van der Waals surface area contributed by atoms with E-state index in [0.717, 1.165) is 47.1 Å². The Balaban J connectivity index is 1.42. The minimum absolute atomic E-state index is 0.143. The number of hydrogen-bond acceptors (Lipinski definition) is 4. The van der Waals surface area contributed by atoms with Gasteiger partial charge in [0.1, 0.15) is 11.5 Å². The smallest absolute Gasteiger partial charge is 0.228 e. The normalized spacial score (nSPS) is 14.2. The number of imidazole rings is 1. The highest BCUT2D eigenvalue weighted by atomic mass is 16.2. The Morgan fingerprint density at radius 2 is 1.73 bits per heavy atom. The monoisotopic (exact) mass is 439 g/mol. The molecule has 0 atom stereocenters. The molecule has 1 aromatic carbocycles. The number of aromatic nitrogens is 3. The van der Waals surface area contributed by atoms with Crippen molar-refractivity contribution in [1.29, 1.82) is 0 Å². The molecule has 6 nitrogen and oxygen atoms in total. The van der Waals surface area contributed by atoms with Gasteiger partial charge in [-0.15, -0.1) is 0 Å². The summed E-state index contributed by atoms with van der Waals surface area (Å²) in [5, 5.41) is 0. The van der Waals surface area contributed by atoms with E-state index < -0.39 is 0 Å². The summed E-state index contributed by atoms with van der Waals surface area (Å²) >= 11 is 0. The maximum atomic E-state index is 13.4. The molecule has 1 aliphatic rings. The quantitative estimate of drug-likeness (QED) is 0.478. The van der Waals surface area contributed by atoms with Crippen LogP contribution in [0.25, 0.3) is 16.9 Å². The molecule has 0 spiro atoms. The maximum Gasteiger partial charge on any atom is 0.228 e. The minimum Gasteiger partial charge on any atom is -0.353 e. The van der Waals surface area contributed by atoms with Gasteiger partial charge in [-0.3, -0.25) is 4.79 Å². The molecule has 33 heavy (non-hydrogen) atoms. The van der Waals surface area contributed by atoms with Crippen molar-refractivity contribution in [1.82, 2.24) is 19.3 Å². The first-order valence-electron chi connectivity index (χ1n) is 11.5. The molecule has 0 saturated carbocycles. The number of rotatable bonds is 4. The Morgan fingerprint density at radius 1 is 0.909 bits per heavy atom. The molecular formula is C27H29N5O. The molecule has 6 heteroatoms. The molecule has 1 aliphatic heterocycles. The summed E-state index contributed by atoms with van der Waals surface area (Å²) in [5.41, 5.74) is 7.40. The lowest BCUT2D eigenvalue weighted by atomic mass is 10.0. The first-order valence-corrected chi connectivity index (χ1v) is 11.5. The highest BCUT2D eigenvalue weighted by molar-refractivity contribution is 5.82. The molecule has 0 N–H and O–H groups in total. The Labute approximate surface area is 194 Å². The number of hydrogen-bond donors (Lipinski definition) is 0. The molecule has 3 aromatic heterocycles. The predicted molar refractivity (Wildman–Crippen MR) is 132 cm³/mol. The summed E-state index contributed by atoms with van der Waals surface area (Å²) in [4.78, 5) is 27.0. The van der Waals surface area contributed by atoms with Gasteiger partial charge in [0.15, 0.2) is 0 Å². The third-order valence-electron chi connectivity index (χ3n) is 6.65. The van der Waals surface area contributed by atoms with Crippen LogP contribution in [0.1, 0.15) is 22.4 Å². The van der Waals surface area contributed by atoms with Gasteiger partial charge in [-0.2, -0.15) is 0 Å². The van der Waals surface area contributed by atoms with Crippen LogP contribution in [0.5, 0.6) is 0 Å². The molecule has 1 amide bonds. The molecule has 0 unspecified atom stereocenters. The van der Waals surface area contributed by atoms with Crippen LogP contribution in [0.4, 0.5) is 5.82 Å². The number of fused-ring (bicyclic) bond motifs is 1. The van der Waals surface area contributed by atoms with Crippen LogP contribution in [-0.4, -0.2) is 51.4 Å². The van der Waals surface area contributed by atoms with Crippen LogP contribution in [-0.2, 0) is 11.2 Å². The first kappa shape index (κ1) is 21.2. The predicted octanol–water partition coefficient (Wildman–Crippen LogP) is 4.21. The summed E-state index contributed by atoms with van der Waals surface area (Å²) < 4.78 is 2.09. The molecule has 168 valence electrons. The zero-order chi connectivity index (χ0) is 22.9. The Morgan fingerprint density at radius 3 is 2.45 bits per heavy atom. The molecule has 0 radical (unpaired) electrons. The molecule has 4 aromatic rings. The van der Waals surface area contributed by atoms with Crippen molar-refractivity contribution in [3.63, 3.8) is 0 Å². The zero-order valence-electron chi connectivity index (χ0n) is 19.5. The van der Waals surface area contributed by atoms with Crippen LogP contribution in [0, 0.1) is 20.8 Å². The largest absolute Gasteiger partial charge is 0.353 e. The Kier molecular flexibility index (Phi) is 5.58. The fraction of sp³-hybridized carbons (Fsp3) is 0.296. The molecule has 5 rings (SSSR count). The van der Waals surface area contributed by atoms with Crippen molar-refractivity contribution >= 4 is 17.4 Å². The fourth-order valence-corrected chi connectivity index (χ4v) is 4.52. The van der Waals surface area contributed by atoms with Gasteiger partial charge in [-0.25, -0.2) is 9.97 Å². The van der Waals surface area contributed by atoms with Gasteiger partial charge in [-0.1, -0.05) is 24.3 Å². The van der Waals surface area contributed by atoms with E-state index in [4.69, 9.17) is 4.98 Å². The number of amides is 1. The summed E-state index contributed by atoms with van der Waals surface area (Å²) in [7, 11) is 0. The lowest BCUT2D eigenvalue weighted by Crippen LogP contribution is -2.49. The van der Waals surface area contributed by atoms with Gasteiger partial charge in [0, 0.05) is 44.1 Å². The lowest BCUT2D eigenvalue weighted by Gasteiger charge is -2.35. The van der Waals surface area contributed by atoms with E-state index in [0.29, 0.717) is 19.5 Å². The number of benzene rings is 1. The molecular weight excluding hydrogens is 410 g/mol. The molecule has 0 aliphatic carbocycles. The van der Waals surface area contributed by atoms with Crippen LogP contribution in [0.15, 0.2) is 60.9 Å². The molecule has 0 bridgehead atoms. The van der Waals surface area contributed by atoms with Crippen LogP contribution >= 0.6 is 0 Å². The van der Waals surface area contributed by atoms with Crippen LogP contribution < -0.4 is 4.90 Å². The van der Waals surface area contributed by atoms with Gasteiger partial charge in [0.25, 0.3) is 0 Å². The third-order valence-corrected chi connectivity index (χ3v) is 6.65. The van der Waals surface area contributed by atoms with Gasteiger partial charge in [0.05, 0.1) is 17.8 Å². The maximum absolute atomic E-state index is 13.4. The number of piperazine rings is 1. The van der Waals surface area contributed by atoms with E-state index in [1.807, 2.05) is 41.6 Å². The Bertz CT molecular complexity index is 1300. The van der Waals surface area contributed by atoms with Gasteiger partial charge < -0.3 is 14.2 Å². The fourth-order valence-electron chi connectivity index (χ4n) is 4.52. The molecule has 1 fully saturated rings. The summed E-state index contributed by atoms with van der Waals surface area (Å²) in [6, 6.07) is 16.4. The van der Waals surface area contributed by atoms with Crippen molar-refractivity contribution in [2.24, 2.45) is 0 Å². The number of pyridine rings is 2. The highest BCUT2D eigenvalue weighted by Crippen LogP contribution is 2.28. The van der Waals surface area contributed by atoms with Gasteiger partial charge in [-0.05, 0) is 61.7 Å². The van der Waals surface area contributed by atoms with Crippen molar-refractivity contribution < 1.29 is 4.79 Å². The third kappa shape index (κ3) is 4.09. The van der Waals surface area contributed by atoms with Crippen molar-refractivity contribution in [3.8, 4) is 11.3 Å². The standard InChI is InChI=1S/C27H29N5O/c1-19-9-10-22(17-21(19)3)26-23(32-12-6-7-20(2)27(32)29-26)18-25(33)31-15-13-30(14-16-31)24-8-4-5-11-28-24/h4-12,17H,13-16,18H2,1-3H3. The number of anilines is 1.